The van der Waals surface area contributed by atoms with Crippen LogP contribution in [0.2, 0.25) is 0 Å². The Kier molecular flexibility index (Phi) is 8.09. The SMILES string of the molecule is Cc1cc(C)c(B(c2ccc3sc4ccc(-c5ccc(C67CC8CC9CC(c%10cc%11c%12c(c%10)C(C)c%10cccc%13c%10B%12c%10c-%13cccc%10C%11C)(C6)CC987)cc5)cc4c3c2)c2c(C)cc(C)cc2C)c(C)c1. The first kappa shape index (κ1) is 41.7. The average molecular weight is 931 g/mol. The van der Waals surface area contributed by atoms with Crippen molar-refractivity contribution in [2.24, 2.45) is 17.3 Å². The summed E-state index contributed by atoms with van der Waals surface area (Å²) in [4.78, 5) is 0. The monoisotopic (exact) mass is 930 g/mol. The Bertz CT molecular complexity index is 3720. The van der Waals surface area contributed by atoms with Crippen molar-refractivity contribution in [1.82, 2.24) is 0 Å². The average Bonchev–Trinajstić information content (AvgIpc) is 4.11. The van der Waals surface area contributed by atoms with Crippen LogP contribution in [0.15, 0.2) is 133 Å². The molecule has 0 saturated heterocycles. The number of hydrogen-bond acceptors (Lipinski definition) is 1. The van der Waals surface area contributed by atoms with Crippen molar-refractivity contribution >= 4 is 77.7 Å². The van der Waals surface area contributed by atoms with Crippen molar-refractivity contribution in [3.8, 4) is 22.3 Å². The van der Waals surface area contributed by atoms with E-state index >= 15 is 0 Å². The molecule has 0 nitrogen and oxygen atoms in total. The van der Waals surface area contributed by atoms with Gasteiger partial charge < -0.3 is 0 Å². The normalized spacial score (nSPS) is 26.2. The molecule has 71 heavy (non-hydrogen) atoms. The van der Waals surface area contributed by atoms with Crippen molar-refractivity contribution in [2.45, 2.75) is 110 Å². The van der Waals surface area contributed by atoms with Gasteiger partial charge in [-0.3, -0.25) is 0 Å². The first-order chi connectivity index (χ1) is 34.4. The third-order valence-corrected chi connectivity index (χ3v) is 22.4. The minimum absolute atomic E-state index is 0.160. The van der Waals surface area contributed by atoms with E-state index in [2.05, 4.69) is 189 Å². The second-order valence-corrected chi connectivity index (χ2v) is 25.6. The van der Waals surface area contributed by atoms with Gasteiger partial charge in [0.05, 0.1) is 0 Å². The van der Waals surface area contributed by atoms with Gasteiger partial charge in [0, 0.05) is 32.0 Å². The molecule has 7 aliphatic rings. The fourth-order valence-electron chi connectivity index (χ4n) is 18.8. The molecule has 4 fully saturated rings. The molecule has 1 spiro atoms. The number of hydrogen-bond donors (Lipinski definition) is 0. The Balaban J connectivity index is 0.766. The lowest BCUT2D eigenvalue weighted by molar-refractivity contribution is -0.199. The summed E-state index contributed by atoms with van der Waals surface area (Å²) in [5, 5.41) is 2.76. The first-order valence-corrected chi connectivity index (χ1v) is 27.8. The standard InChI is InChI=1S/C68H60B2S/c1-36-23-38(3)61(39(4)24-36)69(62-40(5)25-37(2)26-41(62)6)50-20-22-60-58(31-50)57-27-45(17-21-59(57)71-60)44-15-18-46(19-16-44)67-33-49-28-48-32-66(34-67,35-68(48,49)67)47-29-55-42(7)51-11-9-13-53-54-14-10-12-52-43(8)56(30-47)65(55)70(63(51)53)64(52)54/h9-27,29-31,42-43,48-49H,28,32-35H2,1-8H3. The van der Waals surface area contributed by atoms with Gasteiger partial charge in [-0.05, 0) is 176 Å². The van der Waals surface area contributed by atoms with Gasteiger partial charge in [-0.15, -0.1) is 11.3 Å². The molecule has 344 valence electrons. The highest BCUT2D eigenvalue weighted by Crippen LogP contribution is 2.89. The Labute approximate surface area is 425 Å². The molecule has 4 heterocycles. The van der Waals surface area contributed by atoms with E-state index in [4.69, 9.17) is 0 Å². The highest BCUT2D eigenvalue weighted by molar-refractivity contribution is 7.25. The molecule has 2 bridgehead atoms. The van der Waals surface area contributed by atoms with Crippen molar-refractivity contribution in [1.29, 1.82) is 0 Å². The number of benzene rings is 8. The van der Waals surface area contributed by atoms with Gasteiger partial charge in [0.1, 0.15) is 0 Å². The smallest absolute Gasteiger partial charge is 0.135 e. The second kappa shape index (κ2) is 13.8. The fraction of sp³-hybridized carbons (Fsp3) is 0.294. The Morgan fingerprint density at radius 2 is 1.06 bits per heavy atom. The minimum atomic E-state index is 0.160. The number of rotatable bonds is 6. The summed E-state index contributed by atoms with van der Waals surface area (Å²) < 4.78 is 2.74. The van der Waals surface area contributed by atoms with E-state index < -0.39 is 0 Å². The molecule has 7 unspecified atom stereocenters. The molecule has 3 heteroatoms. The van der Waals surface area contributed by atoms with Crippen molar-refractivity contribution in [3.63, 3.8) is 0 Å². The number of fused-ring (bicyclic) bond motifs is 5. The van der Waals surface area contributed by atoms with E-state index in [0.29, 0.717) is 29.4 Å². The minimum Gasteiger partial charge on any atom is -0.135 e. The number of thiophene rings is 1. The maximum Gasteiger partial charge on any atom is 0.244 e. The maximum atomic E-state index is 2.79. The van der Waals surface area contributed by atoms with Gasteiger partial charge >= 0.3 is 0 Å². The molecule has 9 aromatic rings. The van der Waals surface area contributed by atoms with Gasteiger partial charge in [0.25, 0.3) is 0 Å². The maximum absolute atomic E-state index is 2.79. The van der Waals surface area contributed by atoms with Crippen LogP contribution in [-0.2, 0) is 10.8 Å². The molecule has 1 aromatic heterocycles. The summed E-state index contributed by atoms with van der Waals surface area (Å²) in [7, 11) is 0. The van der Waals surface area contributed by atoms with Gasteiger partial charge in [0.15, 0.2) is 0 Å². The van der Waals surface area contributed by atoms with E-state index in [1.807, 2.05) is 11.3 Å². The Morgan fingerprint density at radius 1 is 0.507 bits per heavy atom. The molecule has 8 aromatic carbocycles. The second-order valence-electron chi connectivity index (χ2n) is 24.6. The Morgan fingerprint density at radius 3 is 1.65 bits per heavy atom. The van der Waals surface area contributed by atoms with Crippen LogP contribution in [0.3, 0.4) is 0 Å². The molecule has 4 saturated carbocycles. The molecule has 4 aliphatic carbocycles. The molecular formula is C68H60B2S. The molecule has 0 N–H and O–H groups in total. The summed E-state index contributed by atoms with van der Waals surface area (Å²) in [6.45, 7) is 19.3. The third kappa shape index (κ3) is 5.06. The van der Waals surface area contributed by atoms with Crippen LogP contribution in [0.5, 0.6) is 0 Å². The molecule has 7 atom stereocenters. The van der Waals surface area contributed by atoms with Crippen molar-refractivity contribution in [2.75, 3.05) is 0 Å². The predicted octanol–water partition coefficient (Wildman–Crippen LogP) is 12.9. The van der Waals surface area contributed by atoms with Crippen LogP contribution >= 0.6 is 11.3 Å². The lowest BCUT2D eigenvalue weighted by Gasteiger charge is -2.73. The summed E-state index contributed by atoms with van der Waals surface area (Å²) in [5.41, 5.74) is 33.8. The highest BCUT2D eigenvalue weighted by atomic mass is 32.1. The van der Waals surface area contributed by atoms with E-state index in [9.17, 15) is 0 Å². The summed E-state index contributed by atoms with van der Waals surface area (Å²) >= 11 is 1.94. The Hall–Kier alpha value is -5.89. The fourth-order valence-corrected chi connectivity index (χ4v) is 19.9. The molecule has 0 amide bonds. The molecular weight excluding hydrogens is 870 g/mol. The van der Waals surface area contributed by atoms with E-state index in [1.165, 1.54) is 124 Å². The third-order valence-electron chi connectivity index (χ3n) is 21.2. The molecule has 16 rings (SSSR count). The topological polar surface area (TPSA) is 0 Å². The zero-order chi connectivity index (χ0) is 47.8. The summed E-state index contributed by atoms with van der Waals surface area (Å²) in [6, 6.07) is 54.4. The van der Waals surface area contributed by atoms with E-state index in [1.54, 1.807) is 49.8 Å². The van der Waals surface area contributed by atoms with Gasteiger partial charge in [-0.1, -0.05) is 195 Å². The van der Waals surface area contributed by atoms with E-state index in [-0.39, 0.29) is 12.1 Å². The van der Waals surface area contributed by atoms with E-state index in [0.717, 1.165) is 11.8 Å². The van der Waals surface area contributed by atoms with Gasteiger partial charge in [0.2, 0.25) is 13.4 Å². The lowest BCUT2D eigenvalue weighted by Crippen LogP contribution is -2.69. The van der Waals surface area contributed by atoms with Crippen LogP contribution in [0.4, 0.5) is 0 Å². The van der Waals surface area contributed by atoms with Crippen LogP contribution in [0, 0.1) is 58.8 Å². The first-order valence-electron chi connectivity index (χ1n) is 27.0. The van der Waals surface area contributed by atoms with Crippen molar-refractivity contribution in [3.05, 3.63) is 200 Å². The zero-order valence-corrected chi connectivity index (χ0v) is 43.4. The van der Waals surface area contributed by atoms with Crippen LogP contribution in [-0.4, -0.2) is 13.4 Å². The van der Waals surface area contributed by atoms with Crippen LogP contribution < -0.4 is 32.8 Å². The molecule has 0 radical (unpaired) electrons. The predicted molar refractivity (Wildman–Crippen MR) is 305 cm³/mol. The summed E-state index contributed by atoms with van der Waals surface area (Å²) in [5.74, 6) is 2.59. The largest absolute Gasteiger partial charge is 0.244 e. The van der Waals surface area contributed by atoms with Gasteiger partial charge in [-0.25, -0.2) is 0 Å². The van der Waals surface area contributed by atoms with Crippen LogP contribution in [0.1, 0.15) is 125 Å². The molecule has 3 aliphatic heterocycles. The van der Waals surface area contributed by atoms with Crippen LogP contribution in [0.25, 0.3) is 42.4 Å². The highest BCUT2D eigenvalue weighted by Gasteiger charge is 2.84. The number of aryl methyl sites for hydroxylation is 6. The van der Waals surface area contributed by atoms with Gasteiger partial charge in [-0.2, -0.15) is 0 Å². The summed E-state index contributed by atoms with van der Waals surface area (Å²) in [6.07, 6.45) is 6.92. The van der Waals surface area contributed by atoms with Crippen molar-refractivity contribution < 1.29 is 0 Å². The zero-order valence-electron chi connectivity index (χ0n) is 42.6. The quantitative estimate of drug-likeness (QED) is 0.146. The lowest BCUT2D eigenvalue weighted by atomic mass is 9.30.